The molecule has 1 amide bonds. The Labute approximate surface area is 114 Å². The van der Waals surface area contributed by atoms with Crippen LogP contribution in [-0.4, -0.2) is 66.8 Å². The number of amides is 1. The van der Waals surface area contributed by atoms with Crippen molar-refractivity contribution >= 4 is 6.09 Å². The molecule has 1 aliphatic rings. The first-order valence-electron chi connectivity index (χ1n) is 6.49. The molecule has 2 unspecified atom stereocenters. The van der Waals surface area contributed by atoms with Crippen LogP contribution < -0.4 is 0 Å². The van der Waals surface area contributed by atoms with Crippen LogP contribution in [0.2, 0.25) is 0 Å². The fourth-order valence-corrected chi connectivity index (χ4v) is 1.99. The number of morpholine rings is 1. The van der Waals surface area contributed by atoms with Gasteiger partial charge in [-0.25, -0.2) is 4.79 Å². The van der Waals surface area contributed by atoms with Crippen molar-refractivity contribution in [3.63, 3.8) is 0 Å². The van der Waals surface area contributed by atoms with Crippen molar-refractivity contribution in [1.82, 2.24) is 4.90 Å². The molecule has 0 aromatic carbocycles. The summed E-state index contributed by atoms with van der Waals surface area (Å²) in [5, 5.41) is 9.91. The van der Waals surface area contributed by atoms with Crippen molar-refractivity contribution in [2.24, 2.45) is 0 Å². The molecule has 0 aliphatic carbocycles. The van der Waals surface area contributed by atoms with Gasteiger partial charge in [-0.05, 0) is 27.7 Å². The zero-order chi connectivity index (χ0) is 14.7. The van der Waals surface area contributed by atoms with Gasteiger partial charge in [-0.1, -0.05) is 0 Å². The first-order chi connectivity index (χ1) is 8.70. The van der Waals surface area contributed by atoms with Gasteiger partial charge in [0.15, 0.2) is 0 Å². The molecule has 1 saturated heterocycles. The molecule has 112 valence electrons. The second-order valence-electron chi connectivity index (χ2n) is 5.92. The monoisotopic (exact) mass is 275 g/mol. The summed E-state index contributed by atoms with van der Waals surface area (Å²) in [5.74, 6) is 0. The van der Waals surface area contributed by atoms with E-state index < -0.39 is 23.4 Å². The summed E-state index contributed by atoms with van der Waals surface area (Å²) in [6.45, 7) is 8.39. The van der Waals surface area contributed by atoms with Gasteiger partial charge >= 0.3 is 6.09 Å². The van der Waals surface area contributed by atoms with Crippen LogP contribution in [0.15, 0.2) is 0 Å². The summed E-state index contributed by atoms with van der Waals surface area (Å²) in [7, 11) is 1.54. The van der Waals surface area contributed by atoms with E-state index in [-0.39, 0.29) is 13.2 Å². The number of hydrogen-bond donors (Lipinski definition) is 1. The van der Waals surface area contributed by atoms with Crippen molar-refractivity contribution in [3.8, 4) is 0 Å². The molecule has 6 nitrogen and oxygen atoms in total. The molecule has 6 heteroatoms. The number of carbonyl (C=O) groups is 1. The smallest absolute Gasteiger partial charge is 0.410 e. The third-order valence-corrected chi connectivity index (χ3v) is 3.01. The highest BCUT2D eigenvalue weighted by Gasteiger charge is 2.43. The zero-order valence-corrected chi connectivity index (χ0v) is 12.4. The van der Waals surface area contributed by atoms with Crippen molar-refractivity contribution in [1.29, 1.82) is 0 Å². The number of hydrogen-bond acceptors (Lipinski definition) is 5. The number of nitrogens with zero attached hydrogens (tertiary/aromatic N) is 1. The molecule has 0 aromatic rings. The van der Waals surface area contributed by atoms with Crippen LogP contribution >= 0.6 is 0 Å². The molecular formula is C13H25NO5. The van der Waals surface area contributed by atoms with Crippen LogP contribution in [0.5, 0.6) is 0 Å². The van der Waals surface area contributed by atoms with Gasteiger partial charge in [-0.3, -0.25) is 0 Å². The normalized spacial score (nSPS) is 26.1. The second kappa shape index (κ2) is 6.07. The maximum atomic E-state index is 12.1. The van der Waals surface area contributed by atoms with Crippen LogP contribution in [0.25, 0.3) is 0 Å². The van der Waals surface area contributed by atoms with Gasteiger partial charge in [-0.2, -0.15) is 0 Å². The Kier molecular flexibility index (Phi) is 5.18. The number of aliphatic hydroxyl groups excluding tert-OH is 1. The van der Waals surface area contributed by atoms with Gasteiger partial charge in [0.1, 0.15) is 11.2 Å². The number of carbonyl (C=O) groups excluding carboxylic acids is 1. The van der Waals surface area contributed by atoms with Gasteiger partial charge in [-0.15, -0.1) is 0 Å². The predicted octanol–water partition coefficient (Wildman–Crippen LogP) is 1.02. The Hall–Kier alpha value is -0.850. The maximum Gasteiger partial charge on any atom is 0.410 e. The number of aliphatic hydroxyl groups is 1. The van der Waals surface area contributed by atoms with E-state index in [0.717, 1.165) is 0 Å². The topological polar surface area (TPSA) is 68.2 Å². The third-order valence-electron chi connectivity index (χ3n) is 3.01. The van der Waals surface area contributed by atoms with E-state index in [2.05, 4.69) is 0 Å². The Morgan fingerprint density at radius 3 is 2.63 bits per heavy atom. The number of ether oxygens (including phenoxy) is 3. The molecule has 0 aromatic heterocycles. The molecule has 1 fully saturated rings. The lowest BCUT2D eigenvalue weighted by molar-refractivity contribution is -0.182. The summed E-state index contributed by atoms with van der Waals surface area (Å²) in [6, 6.07) is 0. The van der Waals surface area contributed by atoms with Crippen LogP contribution in [0.4, 0.5) is 4.79 Å². The minimum atomic E-state index is -0.885. The third kappa shape index (κ3) is 4.33. The molecule has 0 radical (unpaired) electrons. The lowest BCUT2D eigenvalue weighted by atomic mass is 9.96. The van der Waals surface area contributed by atoms with Gasteiger partial charge < -0.3 is 24.2 Å². The van der Waals surface area contributed by atoms with Crippen molar-refractivity contribution in [2.75, 3.05) is 33.4 Å². The molecule has 0 spiro atoms. The quantitative estimate of drug-likeness (QED) is 0.833. The second-order valence-corrected chi connectivity index (χ2v) is 5.92. The van der Waals surface area contributed by atoms with Crippen molar-refractivity contribution in [2.45, 2.75) is 45.0 Å². The molecule has 2 atom stereocenters. The minimum absolute atomic E-state index is 0.226. The average Bonchev–Trinajstić information content (AvgIpc) is 2.27. The van der Waals surface area contributed by atoms with Gasteiger partial charge in [0.2, 0.25) is 0 Å². The average molecular weight is 275 g/mol. The van der Waals surface area contributed by atoms with E-state index in [0.29, 0.717) is 13.2 Å². The standard InChI is InChI=1S/C13H25NO5/c1-10(15)13(9-17-5)8-14(6-7-18-13)11(16)19-12(2,3)4/h10,15H,6-9H2,1-5H3. The lowest BCUT2D eigenvalue weighted by Crippen LogP contribution is -2.61. The fraction of sp³-hybridized carbons (Fsp3) is 0.923. The zero-order valence-electron chi connectivity index (χ0n) is 12.4. The highest BCUT2D eigenvalue weighted by molar-refractivity contribution is 5.68. The Morgan fingerprint density at radius 1 is 1.53 bits per heavy atom. The summed E-state index contributed by atoms with van der Waals surface area (Å²) in [5.41, 5.74) is -1.42. The van der Waals surface area contributed by atoms with Gasteiger partial charge in [0, 0.05) is 13.7 Å². The van der Waals surface area contributed by atoms with Crippen LogP contribution in [-0.2, 0) is 14.2 Å². The Balaban J connectivity index is 2.74. The van der Waals surface area contributed by atoms with Gasteiger partial charge in [0.05, 0.1) is 25.9 Å². The van der Waals surface area contributed by atoms with Crippen molar-refractivity contribution < 1.29 is 24.1 Å². The highest BCUT2D eigenvalue weighted by Crippen LogP contribution is 2.24. The van der Waals surface area contributed by atoms with E-state index in [4.69, 9.17) is 14.2 Å². The van der Waals surface area contributed by atoms with E-state index in [1.807, 2.05) is 20.8 Å². The van der Waals surface area contributed by atoms with E-state index in [1.54, 1.807) is 18.9 Å². The molecular weight excluding hydrogens is 250 g/mol. The van der Waals surface area contributed by atoms with E-state index in [9.17, 15) is 9.90 Å². The molecule has 0 bridgehead atoms. The molecule has 0 saturated carbocycles. The summed E-state index contributed by atoms with van der Waals surface area (Å²) in [6.07, 6.45) is -1.13. The SMILES string of the molecule is COCC1(C(C)O)CN(C(=O)OC(C)(C)C)CCO1. The van der Waals surface area contributed by atoms with E-state index in [1.165, 1.54) is 0 Å². The van der Waals surface area contributed by atoms with Gasteiger partial charge in [0.25, 0.3) is 0 Å². The van der Waals surface area contributed by atoms with Crippen LogP contribution in [0.1, 0.15) is 27.7 Å². The summed E-state index contributed by atoms with van der Waals surface area (Å²) in [4.78, 5) is 13.6. The number of rotatable bonds is 3. The molecule has 1 N–H and O–H groups in total. The Bertz CT molecular complexity index is 309. The first kappa shape index (κ1) is 16.2. The Morgan fingerprint density at radius 2 is 2.16 bits per heavy atom. The largest absolute Gasteiger partial charge is 0.444 e. The highest BCUT2D eigenvalue weighted by atomic mass is 16.6. The van der Waals surface area contributed by atoms with E-state index >= 15 is 0 Å². The van der Waals surface area contributed by atoms with Crippen LogP contribution in [0.3, 0.4) is 0 Å². The first-order valence-corrected chi connectivity index (χ1v) is 6.49. The molecule has 19 heavy (non-hydrogen) atoms. The van der Waals surface area contributed by atoms with Crippen molar-refractivity contribution in [3.05, 3.63) is 0 Å². The molecule has 1 rings (SSSR count). The maximum absolute atomic E-state index is 12.1. The molecule has 1 heterocycles. The lowest BCUT2D eigenvalue weighted by Gasteiger charge is -2.44. The summed E-state index contributed by atoms with van der Waals surface area (Å²) >= 11 is 0. The predicted molar refractivity (Wildman–Crippen MR) is 70.0 cm³/mol. The van der Waals surface area contributed by atoms with Crippen LogP contribution in [0, 0.1) is 0 Å². The number of methoxy groups -OCH3 is 1. The molecule has 1 aliphatic heterocycles. The minimum Gasteiger partial charge on any atom is -0.444 e. The fourth-order valence-electron chi connectivity index (χ4n) is 1.99. The summed E-state index contributed by atoms with van der Waals surface area (Å²) < 4.78 is 16.1.